The second-order valence-electron chi connectivity index (χ2n) is 7.71. The summed E-state index contributed by atoms with van der Waals surface area (Å²) in [7, 11) is 0. The van der Waals surface area contributed by atoms with Crippen LogP contribution in [0.2, 0.25) is 0 Å². The first-order chi connectivity index (χ1) is 14.4. The molecule has 0 bridgehead atoms. The van der Waals surface area contributed by atoms with Crippen molar-refractivity contribution >= 4 is 50.8 Å². The Bertz CT molecular complexity index is 1180. The van der Waals surface area contributed by atoms with Gasteiger partial charge in [0.25, 0.3) is 0 Å². The van der Waals surface area contributed by atoms with Gasteiger partial charge < -0.3 is 5.32 Å². The minimum absolute atomic E-state index is 0.109. The lowest BCUT2D eigenvalue weighted by Crippen LogP contribution is -2.10. The maximum Gasteiger partial charge on any atom is 0.245 e. The fourth-order valence-corrected chi connectivity index (χ4v) is 2.97. The molecule has 0 aliphatic carbocycles. The van der Waals surface area contributed by atoms with Gasteiger partial charge in [0, 0.05) is 10.2 Å². The van der Waals surface area contributed by atoms with Gasteiger partial charge in [0.2, 0.25) is 11.3 Å². The zero-order chi connectivity index (χ0) is 21.1. The summed E-state index contributed by atoms with van der Waals surface area (Å²) in [6.45, 7) is 6.56. The lowest BCUT2D eigenvalue weighted by Gasteiger charge is -2.18. The number of halogens is 1. The van der Waals surface area contributed by atoms with Crippen LogP contribution in [-0.4, -0.2) is 26.5 Å². The molecule has 0 amide bonds. The average molecular weight is 466 g/mol. The zero-order valence-corrected chi connectivity index (χ0v) is 18.3. The van der Waals surface area contributed by atoms with Gasteiger partial charge in [-0.25, -0.2) is 9.61 Å². The van der Waals surface area contributed by atoms with E-state index in [0.717, 1.165) is 15.7 Å². The summed E-state index contributed by atoms with van der Waals surface area (Å²) in [6, 6.07) is 16.0. The van der Waals surface area contributed by atoms with Gasteiger partial charge >= 0.3 is 0 Å². The summed E-state index contributed by atoms with van der Waals surface area (Å²) < 4.78 is 5.71. The van der Waals surface area contributed by atoms with Crippen molar-refractivity contribution in [1.29, 1.82) is 0 Å². The number of hydrogen-bond acceptors (Lipinski definition) is 8. The second-order valence-corrected chi connectivity index (χ2v) is 8.62. The van der Waals surface area contributed by atoms with E-state index in [2.05, 4.69) is 85.0 Å². The predicted octanol–water partition coefficient (Wildman–Crippen LogP) is 5.26. The molecule has 0 spiro atoms. The van der Waals surface area contributed by atoms with E-state index in [0.29, 0.717) is 22.9 Å². The minimum Gasteiger partial charge on any atom is -0.337 e. The quantitative estimate of drug-likeness (QED) is 0.306. The van der Waals surface area contributed by atoms with E-state index in [-0.39, 0.29) is 5.41 Å². The monoisotopic (exact) mass is 465 g/mol. The lowest BCUT2D eigenvalue weighted by molar-refractivity contribution is 0.314. The molecule has 9 heteroatoms. The highest BCUT2D eigenvalue weighted by Crippen LogP contribution is 2.25. The maximum atomic E-state index is 4.73. The van der Waals surface area contributed by atoms with Crippen LogP contribution in [0.4, 0.5) is 17.3 Å². The fourth-order valence-electron chi connectivity index (χ4n) is 2.71. The standard InChI is InChI=1S/C21H20BrN7O/c1-21(2,3)14-6-4-13(5-7-14)12-23-27-18-17(24-16-10-8-15(22)9-11-16)25-19-20(26-18)29-30-28-19/h4-12H,1-3H3,(H,24,25,28)(H,26,27,29)/b23-12+. The van der Waals surface area contributed by atoms with Crippen molar-refractivity contribution in [3.05, 3.63) is 64.1 Å². The molecule has 2 N–H and O–H groups in total. The molecule has 0 fully saturated rings. The van der Waals surface area contributed by atoms with Crippen molar-refractivity contribution < 1.29 is 4.63 Å². The van der Waals surface area contributed by atoms with Crippen molar-refractivity contribution in [3.63, 3.8) is 0 Å². The summed E-state index contributed by atoms with van der Waals surface area (Å²) in [6.07, 6.45) is 1.72. The van der Waals surface area contributed by atoms with Gasteiger partial charge in [0.05, 0.1) is 6.21 Å². The summed E-state index contributed by atoms with van der Waals surface area (Å²) in [5.74, 6) is 0.865. The van der Waals surface area contributed by atoms with Crippen LogP contribution >= 0.6 is 15.9 Å². The fraction of sp³-hybridized carbons (Fsp3) is 0.190. The van der Waals surface area contributed by atoms with Gasteiger partial charge in [-0.3, -0.25) is 5.43 Å². The topological polar surface area (TPSA) is 101 Å². The largest absolute Gasteiger partial charge is 0.337 e. The third-order valence-electron chi connectivity index (χ3n) is 4.38. The van der Waals surface area contributed by atoms with Crippen molar-refractivity contribution in [2.45, 2.75) is 26.2 Å². The number of fused-ring (bicyclic) bond motifs is 1. The van der Waals surface area contributed by atoms with Gasteiger partial charge in [-0.2, -0.15) is 10.1 Å². The molecule has 4 rings (SSSR count). The van der Waals surface area contributed by atoms with E-state index in [1.54, 1.807) is 6.21 Å². The second kappa shape index (κ2) is 8.19. The van der Waals surface area contributed by atoms with Crippen LogP contribution in [0.3, 0.4) is 0 Å². The molecular formula is C21H20BrN7O. The highest BCUT2D eigenvalue weighted by atomic mass is 79.9. The molecule has 30 heavy (non-hydrogen) atoms. The summed E-state index contributed by atoms with van der Waals surface area (Å²) in [5, 5.41) is 15.0. The normalized spacial score (nSPS) is 11.9. The van der Waals surface area contributed by atoms with E-state index in [1.165, 1.54) is 5.56 Å². The predicted molar refractivity (Wildman–Crippen MR) is 121 cm³/mol. The zero-order valence-electron chi connectivity index (χ0n) is 16.7. The molecule has 0 saturated heterocycles. The molecule has 0 aliphatic rings. The Morgan fingerprint density at radius 1 is 0.900 bits per heavy atom. The number of hydrazone groups is 1. The smallest absolute Gasteiger partial charge is 0.245 e. The third kappa shape index (κ3) is 4.62. The van der Waals surface area contributed by atoms with Gasteiger partial charge in [0.15, 0.2) is 11.6 Å². The molecule has 8 nitrogen and oxygen atoms in total. The van der Waals surface area contributed by atoms with Crippen LogP contribution < -0.4 is 10.7 Å². The first kappa shape index (κ1) is 20.0. The molecule has 0 atom stereocenters. The van der Waals surface area contributed by atoms with E-state index < -0.39 is 0 Å². The Morgan fingerprint density at radius 2 is 1.53 bits per heavy atom. The van der Waals surface area contributed by atoms with Gasteiger partial charge in [0.1, 0.15) is 0 Å². The van der Waals surface area contributed by atoms with Crippen LogP contribution in [0, 0.1) is 0 Å². The van der Waals surface area contributed by atoms with Gasteiger partial charge in [-0.1, -0.05) is 61.0 Å². The van der Waals surface area contributed by atoms with Crippen molar-refractivity contribution in [1.82, 2.24) is 20.3 Å². The van der Waals surface area contributed by atoms with Crippen LogP contribution in [0.1, 0.15) is 31.9 Å². The molecule has 2 aromatic carbocycles. The molecule has 0 aliphatic heterocycles. The molecule has 2 aromatic heterocycles. The van der Waals surface area contributed by atoms with E-state index in [9.17, 15) is 0 Å². The number of anilines is 3. The molecule has 0 saturated carbocycles. The Morgan fingerprint density at radius 3 is 2.17 bits per heavy atom. The van der Waals surface area contributed by atoms with E-state index >= 15 is 0 Å². The molecule has 2 heterocycles. The van der Waals surface area contributed by atoms with Crippen LogP contribution in [-0.2, 0) is 5.41 Å². The van der Waals surface area contributed by atoms with Gasteiger partial charge in [-0.15, -0.1) is 0 Å². The summed E-state index contributed by atoms with van der Waals surface area (Å²) >= 11 is 3.43. The first-order valence-corrected chi connectivity index (χ1v) is 10.1. The van der Waals surface area contributed by atoms with Crippen LogP contribution in [0.15, 0.2) is 62.7 Å². The first-order valence-electron chi connectivity index (χ1n) is 9.31. The Hall–Kier alpha value is -3.33. The number of aromatic nitrogens is 4. The number of hydrogen-bond donors (Lipinski definition) is 2. The maximum absolute atomic E-state index is 4.73. The Labute approximate surface area is 181 Å². The van der Waals surface area contributed by atoms with Crippen molar-refractivity contribution in [3.8, 4) is 0 Å². The average Bonchev–Trinajstić information content (AvgIpc) is 3.17. The molecule has 152 valence electrons. The van der Waals surface area contributed by atoms with Crippen LogP contribution in [0.25, 0.3) is 11.3 Å². The minimum atomic E-state index is 0.109. The third-order valence-corrected chi connectivity index (χ3v) is 4.91. The molecule has 0 radical (unpaired) electrons. The van der Waals surface area contributed by atoms with Gasteiger partial charge in [-0.05, 0) is 51.1 Å². The number of benzene rings is 2. The molecular weight excluding hydrogens is 446 g/mol. The Kier molecular flexibility index (Phi) is 5.45. The lowest BCUT2D eigenvalue weighted by atomic mass is 9.87. The molecule has 4 aromatic rings. The number of nitrogens with zero attached hydrogens (tertiary/aromatic N) is 5. The molecule has 0 unspecified atom stereocenters. The van der Waals surface area contributed by atoms with Crippen molar-refractivity contribution in [2.24, 2.45) is 5.10 Å². The van der Waals surface area contributed by atoms with Crippen LogP contribution in [0.5, 0.6) is 0 Å². The van der Waals surface area contributed by atoms with E-state index in [4.69, 9.17) is 4.63 Å². The van der Waals surface area contributed by atoms with E-state index in [1.807, 2.05) is 36.4 Å². The highest BCUT2D eigenvalue weighted by Gasteiger charge is 2.14. The number of nitrogens with one attached hydrogen (secondary N) is 2. The summed E-state index contributed by atoms with van der Waals surface area (Å²) in [4.78, 5) is 8.83. The highest BCUT2D eigenvalue weighted by molar-refractivity contribution is 9.10. The number of rotatable bonds is 5. The SMILES string of the molecule is CC(C)(C)c1ccc(/C=N/Nc2nc3nonc3nc2Nc2ccc(Br)cc2)cc1. The Balaban J connectivity index is 1.56. The van der Waals surface area contributed by atoms with Crippen molar-refractivity contribution in [2.75, 3.05) is 10.7 Å². The summed E-state index contributed by atoms with van der Waals surface area (Å²) in [5.41, 5.74) is 6.72.